The van der Waals surface area contributed by atoms with Crippen molar-refractivity contribution in [3.05, 3.63) is 34.3 Å². The number of benzene rings is 1. The highest BCUT2D eigenvalue weighted by molar-refractivity contribution is 9.10. The normalized spacial score (nSPS) is 12.5. The van der Waals surface area contributed by atoms with Crippen LogP contribution in [0.25, 0.3) is 0 Å². The van der Waals surface area contributed by atoms with E-state index in [1.54, 1.807) is 12.1 Å². The largest absolute Gasteiger partial charge is 0.296 e. The Balaban J connectivity index is 2.80. The third-order valence-corrected chi connectivity index (χ3v) is 2.72. The lowest BCUT2D eigenvalue weighted by molar-refractivity contribution is -0.122. The Morgan fingerprint density at radius 1 is 1.35 bits per heavy atom. The molecule has 0 bridgehead atoms. The van der Waals surface area contributed by atoms with Gasteiger partial charge in [-0.15, -0.1) is 0 Å². The van der Waals surface area contributed by atoms with Gasteiger partial charge in [0.15, 0.2) is 5.78 Å². The molecule has 4 heteroatoms. The Kier molecular flexibility index (Phi) is 5.00. The lowest BCUT2D eigenvalue weighted by atomic mass is 9.98. The highest BCUT2D eigenvalue weighted by Crippen LogP contribution is 2.16. The molecule has 17 heavy (non-hydrogen) atoms. The third-order valence-electron chi connectivity index (χ3n) is 2.23. The number of carbonyl (C=O) groups is 2. The van der Waals surface area contributed by atoms with Crippen LogP contribution in [0.4, 0.5) is 4.39 Å². The summed E-state index contributed by atoms with van der Waals surface area (Å²) in [5, 5.41) is 0. The van der Waals surface area contributed by atoms with Gasteiger partial charge in [0.1, 0.15) is 0 Å². The Hall–Kier alpha value is -1.03. The first-order chi connectivity index (χ1) is 7.91. The van der Waals surface area contributed by atoms with Gasteiger partial charge in [0.2, 0.25) is 12.0 Å². The van der Waals surface area contributed by atoms with Gasteiger partial charge in [0.05, 0.1) is 0 Å². The van der Waals surface area contributed by atoms with Gasteiger partial charge < -0.3 is 0 Å². The fraction of sp³-hybridized carbons (Fsp3) is 0.385. The topological polar surface area (TPSA) is 34.1 Å². The van der Waals surface area contributed by atoms with Crippen LogP contribution in [0.5, 0.6) is 0 Å². The van der Waals surface area contributed by atoms with E-state index in [-0.39, 0.29) is 17.9 Å². The summed E-state index contributed by atoms with van der Waals surface area (Å²) in [6.07, 6.45) is -1.97. The van der Waals surface area contributed by atoms with Crippen molar-refractivity contribution in [2.75, 3.05) is 0 Å². The summed E-state index contributed by atoms with van der Waals surface area (Å²) >= 11 is 3.20. The van der Waals surface area contributed by atoms with Gasteiger partial charge in [-0.2, -0.15) is 0 Å². The second-order valence-corrected chi connectivity index (χ2v) is 5.22. The van der Waals surface area contributed by atoms with Gasteiger partial charge in [-0.05, 0) is 18.1 Å². The molecule has 0 heterocycles. The predicted octanol–water partition coefficient (Wildman–Crippen LogP) is 3.59. The van der Waals surface area contributed by atoms with Gasteiger partial charge in [-0.3, -0.25) is 9.59 Å². The van der Waals surface area contributed by atoms with Gasteiger partial charge >= 0.3 is 0 Å². The minimum atomic E-state index is -2.05. The SMILES string of the molecule is CC(C)CC(=O)C(F)C(=O)c1cccc(Br)c1. The van der Waals surface area contributed by atoms with Gasteiger partial charge in [-0.1, -0.05) is 41.9 Å². The summed E-state index contributed by atoms with van der Waals surface area (Å²) in [6, 6.07) is 6.39. The molecule has 0 saturated heterocycles. The van der Waals surface area contributed by atoms with Crippen molar-refractivity contribution in [1.82, 2.24) is 0 Å². The summed E-state index contributed by atoms with van der Waals surface area (Å²) in [7, 11) is 0. The van der Waals surface area contributed by atoms with Crippen LogP contribution in [0.15, 0.2) is 28.7 Å². The number of Topliss-reactive ketones (excluding diaryl/α,β-unsaturated/α-hetero) is 2. The van der Waals surface area contributed by atoms with E-state index < -0.39 is 17.7 Å². The molecule has 1 rings (SSSR count). The minimum Gasteiger partial charge on any atom is -0.296 e. The zero-order chi connectivity index (χ0) is 13.0. The smallest absolute Gasteiger partial charge is 0.220 e. The maximum absolute atomic E-state index is 13.7. The van der Waals surface area contributed by atoms with Crippen molar-refractivity contribution in [2.24, 2.45) is 5.92 Å². The number of hydrogen-bond donors (Lipinski definition) is 0. The Bertz CT molecular complexity index is 429. The number of carbonyl (C=O) groups excluding carboxylic acids is 2. The molecule has 0 spiro atoms. The molecule has 0 N–H and O–H groups in total. The van der Waals surface area contributed by atoms with E-state index in [2.05, 4.69) is 15.9 Å². The van der Waals surface area contributed by atoms with Crippen LogP contribution in [0.2, 0.25) is 0 Å². The number of ketones is 2. The van der Waals surface area contributed by atoms with Gasteiger partial charge in [0.25, 0.3) is 0 Å². The molecule has 92 valence electrons. The molecule has 1 aromatic carbocycles. The van der Waals surface area contributed by atoms with E-state index in [1.807, 2.05) is 13.8 Å². The number of hydrogen-bond acceptors (Lipinski definition) is 2. The van der Waals surface area contributed by atoms with E-state index in [1.165, 1.54) is 12.1 Å². The summed E-state index contributed by atoms with van der Waals surface area (Å²) in [6.45, 7) is 3.63. The molecule has 0 aliphatic carbocycles. The average Bonchev–Trinajstić information content (AvgIpc) is 2.26. The molecule has 0 radical (unpaired) electrons. The molecular formula is C13H14BrFO2. The van der Waals surface area contributed by atoms with Gasteiger partial charge in [0, 0.05) is 16.5 Å². The van der Waals surface area contributed by atoms with Gasteiger partial charge in [-0.25, -0.2) is 4.39 Å². The quantitative estimate of drug-likeness (QED) is 0.615. The van der Waals surface area contributed by atoms with E-state index in [0.29, 0.717) is 4.47 Å². The standard InChI is InChI=1S/C13H14BrFO2/c1-8(2)6-11(16)12(15)13(17)9-4-3-5-10(14)7-9/h3-5,7-8,12H,6H2,1-2H3. The zero-order valence-corrected chi connectivity index (χ0v) is 11.3. The molecule has 0 aliphatic heterocycles. The van der Waals surface area contributed by atoms with Crippen molar-refractivity contribution >= 4 is 27.5 Å². The summed E-state index contributed by atoms with van der Waals surface area (Å²) in [4.78, 5) is 23.1. The average molecular weight is 301 g/mol. The van der Waals surface area contributed by atoms with Crippen LogP contribution in [-0.4, -0.2) is 17.7 Å². The second-order valence-electron chi connectivity index (χ2n) is 4.30. The predicted molar refractivity (Wildman–Crippen MR) is 67.8 cm³/mol. The van der Waals surface area contributed by atoms with E-state index in [9.17, 15) is 14.0 Å². The van der Waals surface area contributed by atoms with Crippen molar-refractivity contribution in [3.8, 4) is 0 Å². The molecule has 0 saturated carbocycles. The molecule has 1 unspecified atom stereocenters. The fourth-order valence-electron chi connectivity index (χ4n) is 1.44. The number of alkyl halides is 1. The molecule has 0 aliphatic rings. The molecule has 0 fully saturated rings. The lowest BCUT2D eigenvalue weighted by Gasteiger charge is -2.08. The number of halogens is 2. The number of rotatable bonds is 5. The molecule has 0 amide bonds. The van der Waals surface area contributed by atoms with Crippen LogP contribution < -0.4 is 0 Å². The van der Waals surface area contributed by atoms with E-state index >= 15 is 0 Å². The Morgan fingerprint density at radius 3 is 2.53 bits per heavy atom. The first kappa shape index (κ1) is 14.0. The van der Waals surface area contributed by atoms with E-state index in [0.717, 1.165) is 0 Å². The first-order valence-electron chi connectivity index (χ1n) is 5.38. The highest BCUT2D eigenvalue weighted by Gasteiger charge is 2.27. The molecular weight excluding hydrogens is 287 g/mol. The van der Waals surface area contributed by atoms with Crippen LogP contribution in [-0.2, 0) is 4.79 Å². The second kappa shape index (κ2) is 6.05. The molecule has 1 aromatic rings. The van der Waals surface area contributed by atoms with Crippen LogP contribution in [0, 0.1) is 5.92 Å². The van der Waals surface area contributed by atoms with Crippen LogP contribution in [0.3, 0.4) is 0 Å². The van der Waals surface area contributed by atoms with Crippen LogP contribution >= 0.6 is 15.9 Å². The Morgan fingerprint density at radius 2 is 2.00 bits per heavy atom. The highest BCUT2D eigenvalue weighted by atomic mass is 79.9. The third kappa shape index (κ3) is 4.04. The zero-order valence-electron chi connectivity index (χ0n) is 9.74. The monoisotopic (exact) mass is 300 g/mol. The summed E-state index contributed by atoms with van der Waals surface area (Å²) < 4.78 is 14.3. The summed E-state index contributed by atoms with van der Waals surface area (Å²) in [5.41, 5.74) is 0.212. The lowest BCUT2D eigenvalue weighted by Crippen LogP contribution is -2.26. The first-order valence-corrected chi connectivity index (χ1v) is 6.17. The molecule has 2 nitrogen and oxygen atoms in total. The maximum Gasteiger partial charge on any atom is 0.220 e. The summed E-state index contributed by atoms with van der Waals surface area (Å²) in [5.74, 6) is -1.36. The molecule has 1 atom stereocenters. The minimum absolute atomic E-state index is 0.0519. The maximum atomic E-state index is 13.7. The van der Waals surface area contributed by atoms with Crippen molar-refractivity contribution < 1.29 is 14.0 Å². The van der Waals surface area contributed by atoms with Crippen molar-refractivity contribution in [2.45, 2.75) is 26.4 Å². The van der Waals surface area contributed by atoms with E-state index in [4.69, 9.17) is 0 Å². The Labute approximate surface area is 108 Å². The van der Waals surface area contributed by atoms with Crippen molar-refractivity contribution in [3.63, 3.8) is 0 Å². The molecule has 0 aromatic heterocycles. The fourth-order valence-corrected chi connectivity index (χ4v) is 1.84. The van der Waals surface area contributed by atoms with Crippen LogP contribution in [0.1, 0.15) is 30.6 Å². The van der Waals surface area contributed by atoms with Crippen molar-refractivity contribution in [1.29, 1.82) is 0 Å².